The van der Waals surface area contributed by atoms with E-state index < -0.39 is 0 Å². The molecule has 1 N–H and O–H groups in total. The summed E-state index contributed by atoms with van der Waals surface area (Å²) in [5, 5.41) is 3.99. The zero-order chi connectivity index (χ0) is 18.5. The number of hydrogen-bond acceptors (Lipinski definition) is 4. The molecule has 0 aliphatic heterocycles. The fourth-order valence-corrected chi connectivity index (χ4v) is 3.01. The van der Waals surface area contributed by atoms with Gasteiger partial charge in [0, 0.05) is 35.8 Å². The lowest BCUT2D eigenvalue weighted by atomic mass is 10.1. The van der Waals surface area contributed by atoms with Crippen LogP contribution in [-0.4, -0.2) is 15.9 Å². The molecule has 0 spiro atoms. The van der Waals surface area contributed by atoms with Gasteiger partial charge >= 0.3 is 0 Å². The van der Waals surface area contributed by atoms with Gasteiger partial charge in [0.05, 0.1) is 17.3 Å². The molecule has 5 nitrogen and oxygen atoms in total. The predicted octanol–water partition coefficient (Wildman–Crippen LogP) is 4.85. The lowest BCUT2D eigenvalue weighted by Crippen LogP contribution is -2.26. The predicted molar refractivity (Wildman–Crippen MR) is 101 cm³/mol. The van der Waals surface area contributed by atoms with Crippen LogP contribution < -0.4 is 5.32 Å². The van der Waals surface area contributed by atoms with Crippen molar-refractivity contribution in [3.8, 4) is 11.3 Å². The highest BCUT2D eigenvalue weighted by Gasteiger charge is 2.13. The van der Waals surface area contributed by atoms with Gasteiger partial charge in [0.25, 0.3) is 0 Å². The SMILES string of the molecule is CC(NC(=O)CCc1ncc(-c2ccc(Cl)cc2Cl)o1)c1ccncc1. The molecule has 26 heavy (non-hydrogen) atoms. The number of carbonyl (C=O) groups excluding carboxylic acids is 1. The topological polar surface area (TPSA) is 68.0 Å². The van der Waals surface area contributed by atoms with Crippen LogP contribution >= 0.6 is 23.2 Å². The van der Waals surface area contributed by atoms with Crippen molar-refractivity contribution in [1.29, 1.82) is 0 Å². The first-order chi connectivity index (χ1) is 12.5. The van der Waals surface area contributed by atoms with Crippen molar-refractivity contribution in [2.45, 2.75) is 25.8 Å². The highest BCUT2D eigenvalue weighted by molar-refractivity contribution is 6.36. The third kappa shape index (κ3) is 4.62. The number of aryl methyl sites for hydroxylation is 1. The van der Waals surface area contributed by atoms with E-state index in [4.69, 9.17) is 27.6 Å². The number of hydrogen-bond donors (Lipinski definition) is 1. The molecule has 134 valence electrons. The number of aromatic nitrogens is 2. The van der Waals surface area contributed by atoms with Crippen molar-refractivity contribution in [3.05, 3.63) is 70.4 Å². The fraction of sp³-hybridized carbons (Fsp3) is 0.211. The normalized spacial score (nSPS) is 12.0. The Bertz CT molecular complexity index is 897. The number of pyridine rings is 1. The Hall–Kier alpha value is -2.37. The van der Waals surface area contributed by atoms with E-state index in [1.807, 2.05) is 19.1 Å². The summed E-state index contributed by atoms with van der Waals surface area (Å²) in [6.45, 7) is 1.93. The maximum absolute atomic E-state index is 12.1. The van der Waals surface area contributed by atoms with E-state index in [0.29, 0.717) is 33.7 Å². The van der Waals surface area contributed by atoms with Crippen molar-refractivity contribution in [2.75, 3.05) is 0 Å². The van der Waals surface area contributed by atoms with Crippen LogP contribution in [0.1, 0.15) is 30.8 Å². The first-order valence-corrected chi connectivity index (χ1v) is 8.88. The van der Waals surface area contributed by atoms with Crippen LogP contribution in [-0.2, 0) is 11.2 Å². The van der Waals surface area contributed by atoms with Crippen LogP contribution in [0.3, 0.4) is 0 Å². The van der Waals surface area contributed by atoms with Gasteiger partial charge in [-0.1, -0.05) is 23.2 Å². The Morgan fingerprint density at radius 3 is 2.73 bits per heavy atom. The monoisotopic (exact) mass is 389 g/mol. The van der Waals surface area contributed by atoms with Crippen molar-refractivity contribution >= 4 is 29.1 Å². The molecule has 0 bridgehead atoms. The number of nitrogens with zero attached hydrogens (tertiary/aromatic N) is 2. The second kappa shape index (κ2) is 8.34. The summed E-state index contributed by atoms with van der Waals surface area (Å²) in [6.07, 6.45) is 5.69. The molecule has 0 aliphatic carbocycles. The van der Waals surface area contributed by atoms with E-state index in [1.54, 1.807) is 36.8 Å². The Labute approximate surface area is 161 Å². The lowest BCUT2D eigenvalue weighted by Gasteiger charge is -2.13. The molecule has 0 saturated carbocycles. The zero-order valence-corrected chi connectivity index (χ0v) is 15.6. The molecule has 3 rings (SSSR count). The molecule has 0 saturated heterocycles. The minimum Gasteiger partial charge on any atom is -0.441 e. The summed E-state index contributed by atoms with van der Waals surface area (Å²) in [4.78, 5) is 20.3. The molecule has 0 aliphatic rings. The van der Waals surface area contributed by atoms with E-state index in [2.05, 4.69) is 15.3 Å². The Kier molecular flexibility index (Phi) is 5.91. The summed E-state index contributed by atoms with van der Waals surface area (Å²) in [6, 6.07) is 8.83. The van der Waals surface area contributed by atoms with Gasteiger partial charge in [0.1, 0.15) is 0 Å². The molecule has 1 aromatic carbocycles. The molecule has 2 aromatic heterocycles. The van der Waals surface area contributed by atoms with E-state index in [1.165, 1.54) is 0 Å². The first kappa shape index (κ1) is 18.4. The van der Waals surface area contributed by atoms with Crippen LogP contribution in [0, 0.1) is 0 Å². The Balaban J connectivity index is 1.57. The van der Waals surface area contributed by atoms with Crippen LogP contribution in [0.4, 0.5) is 0 Å². The smallest absolute Gasteiger partial charge is 0.220 e. The van der Waals surface area contributed by atoms with E-state index in [0.717, 1.165) is 5.56 Å². The number of halogens is 2. The van der Waals surface area contributed by atoms with Gasteiger partial charge in [-0.05, 0) is 42.8 Å². The Morgan fingerprint density at radius 1 is 1.23 bits per heavy atom. The van der Waals surface area contributed by atoms with E-state index in [-0.39, 0.29) is 18.4 Å². The minimum atomic E-state index is -0.0847. The molecule has 3 aromatic rings. The number of benzene rings is 1. The van der Waals surface area contributed by atoms with Crippen LogP contribution in [0.2, 0.25) is 10.0 Å². The summed E-state index contributed by atoms with van der Waals surface area (Å²) < 4.78 is 5.70. The van der Waals surface area contributed by atoms with Gasteiger partial charge < -0.3 is 9.73 Å². The van der Waals surface area contributed by atoms with Crippen molar-refractivity contribution in [1.82, 2.24) is 15.3 Å². The summed E-state index contributed by atoms with van der Waals surface area (Å²) in [5.74, 6) is 0.962. The lowest BCUT2D eigenvalue weighted by molar-refractivity contribution is -0.121. The van der Waals surface area contributed by atoms with Gasteiger partial charge in [-0.2, -0.15) is 0 Å². The van der Waals surface area contributed by atoms with Gasteiger partial charge in [-0.15, -0.1) is 0 Å². The Morgan fingerprint density at radius 2 is 2.00 bits per heavy atom. The van der Waals surface area contributed by atoms with Gasteiger partial charge in [0.2, 0.25) is 5.91 Å². The van der Waals surface area contributed by atoms with Crippen molar-refractivity contribution in [2.24, 2.45) is 0 Å². The van der Waals surface area contributed by atoms with Crippen LogP contribution in [0.25, 0.3) is 11.3 Å². The third-order valence-corrected chi connectivity index (χ3v) is 4.45. The molecule has 0 radical (unpaired) electrons. The van der Waals surface area contributed by atoms with E-state index >= 15 is 0 Å². The van der Waals surface area contributed by atoms with Gasteiger partial charge in [-0.25, -0.2) is 4.98 Å². The second-order valence-electron chi connectivity index (χ2n) is 5.81. The average Bonchev–Trinajstić information content (AvgIpc) is 3.09. The van der Waals surface area contributed by atoms with Crippen molar-refractivity contribution in [3.63, 3.8) is 0 Å². The number of rotatable bonds is 6. The average molecular weight is 390 g/mol. The molecule has 1 atom stereocenters. The highest BCUT2D eigenvalue weighted by atomic mass is 35.5. The first-order valence-electron chi connectivity index (χ1n) is 8.12. The number of nitrogens with one attached hydrogen (secondary N) is 1. The summed E-state index contributed by atoms with van der Waals surface area (Å²) in [5.41, 5.74) is 1.72. The molecule has 2 heterocycles. The maximum Gasteiger partial charge on any atom is 0.220 e. The molecule has 7 heteroatoms. The third-order valence-electron chi connectivity index (χ3n) is 3.90. The number of carbonyl (C=O) groups is 1. The van der Waals surface area contributed by atoms with Gasteiger partial charge in [-0.3, -0.25) is 9.78 Å². The molecule has 0 fully saturated rings. The van der Waals surface area contributed by atoms with E-state index in [9.17, 15) is 4.79 Å². The number of amides is 1. The molecule has 1 amide bonds. The summed E-state index contributed by atoms with van der Waals surface area (Å²) in [7, 11) is 0. The van der Waals surface area contributed by atoms with Gasteiger partial charge in [0.15, 0.2) is 11.7 Å². The minimum absolute atomic E-state index is 0.0708. The van der Waals surface area contributed by atoms with Crippen LogP contribution in [0.5, 0.6) is 0 Å². The van der Waals surface area contributed by atoms with Crippen LogP contribution in [0.15, 0.2) is 53.3 Å². The second-order valence-corrected chi connectivity index (χ2v) is 6.66. The quantitative estimate of drug-likeness (QED) is 0.653. The molecule has 1 unspecified atom stereocenters. The molecular weight excluding hydrogens is 373 g/mol. The standard InChI is InChI=1S/C19H17Cl2N3O2/c1-12(13-6-8-22-9-7-13)24-18(25)4-5-19-23-11-17(26-19)15-3-2-14(20)10-16(15)21/h2-3,6-12H,4-5H2,1H3,(H,24,25). The zero-order valence-electron chi connectivity index (χ0n) is 14.1. The fourth-order valence-electron chi connectivity index (χ4n) is 2.51. The highest BCUT2D eigenvalue weighted by Crippen LogP contribution is 2.30. The maximum atomic E-state index is 12.1. The number of oxazole rings is 1. The summed E-state index contributed by atoms with van der Waals surface area (Å²) >= 11 is 12.1. The molecular formula is C19H17Cl2N3O2. The largest absolute Gasteiger partial charge is 0.441 e. The van der Waals surface area contributed by atoms with Crippen molar-refractivity contribution < 1.29 is 9.21 Å².